The van der Waals surface area contributed by atoms with E-state index in [2.05, 4.69) is 0 Å². The summed E-state index contributed by atoms with van der Waals surface area (Å²) in [6, 6.07) is 0. The zero-order valence-corrected chi connectivity index (χ0v) is 10.9. The first kappa shape index (κ1) is 20.6. The van der Waals surface area contributed by atoms with Crippen molar-refractivity contribution < 1.29 is 39.6 Å². The van der Waals surface area contributed by atoms with Crippen molar-refractivity contribution in [3.8, 4) is 0 Å². The van der Waals surface area contributed by atoms with Crippen molar-refractivity contribution in [3.63, 3.8) is 0 Å². The Kier molecular flexibility index (Phi) is 14.8. The standard InChI is InChI=1S/2C4H4O4.Sn/c2*5-3(6)1-2-4(7)8;/h2*1-2H,(H,5,6)(H,7,8);/q;;+4/p-4/b2*2-1-;. The van der Waals surface area contributed by atoms with Crippen LogP contribution in [0.2, 0.25) is 0 Å². The Labute approximate surface area is 112 Å². The molecule has 0 N–H and O–H groups in total. The van der Waals surface area contributed by atoms with Crippen LogP contribution in [-0.2, 0) is 19.2 Å². The third-order valence-electron chi connectivity index (χ3n) is 0.711. The number of hydrogen-bond acceptors (Lipinski definition) is 8. The molecule has 0 aliphatic heterocycles. The SMILES string of the molecule is O=C([O-])/C=C\C(=O)[O-].O=C([O-])/C=C\C(=O)[O-].[Sn+4]. The fraction of sp³-hybridized carbons (Fsp3) is 0. The van der Waals surface area contributed by atoms with Crippen LogP contribution in [0.15, 0.2) is 24.3 Å². The molecule has 0 aromatic heterocycles. The summed E-state index contributed by atoms with van der Waals surface area (Å²) >= 11 is 0. The quantitative estimate of drug-likeness (QED) is 0.358. The third-order valence-corrected chi connectivity index (χ3v) is 0.711. The Balaban J connectivity index is -0.000000218. The first-order valence-corrected chi connectivity index (χ1v) is 3.45. The van der Waals surface area contributed by atoms with Gasteiger partial charge in [-0.2, -0.15) is 0 Å². The van der Waals surface area contributed by atoms with Gasteiger partial charge in [-0.15, -0.1) is 0 Å². The molecule has 88 valence electrons. The predicted molar refractivity (Wildman–Crippen MR) is 44.1 cm³/mol. The van der Waals surface area contributed by atoms with E-state index in [1.54, 1.807) is 0 Å². The molecule has 0 amide bonds. The number of carboxylic acids is 4. The molecular formula is C8H4O8Sn. The van der Waals surface area contributed by atoms with Crippen LogP contribution in [0.5, 0.6) is 0 Å². The zero-order chi connectivity index (χ0) is 13.1. The summed E-state index contributed by atoms with van der Waals surface area (Å²) in [6.07, 6.45) is 1.54. The first-order chi connectivity index (χ1) is 7.25. The smallest absolute Gasteiger partial charge is 0.545 e. The van der Waals surface area contributed by atoms with Gasteiger partial charge in [-0.3, -0.25) is 0 Å². The molecule has 0 spiro atoms. The molecular weight excluding hydrogens is 343 g/mol. The van der Waals surface area contributed by atoms with Gasteiger partial charge >= 0.3 is 23.9 Å². The molecule has 0 aromatic carbocycles. The maximum Gasteiger partial charge on any atom is 4.00 e. The van der Waals surface area contributed by atoms with Gasteiger partial charge in [0.15, 0.2) is 0 Å². The van der Waals surface area contributed by atoms with Gasteiger partial charge < -0.3 is 39.6 Å². The minimum atomic E-state index is -1.55. The summed E-state index contributed by atoms with van der Waals surface area (Å²) in [5.74, 6) is -6.19. The maximum atomic E-state index is 9.41. The van der Waals surface area contributed by atoms with Crippen molar-refractivity contribution in [2.75, 3.05) is 0 Å². The van der Waals surface area contributed by atoms with E-state index in [0.29, 0.717) is 24.3 Å². The van der Waals surface area contributed by atoms with Crippen molar-refractivity contribution in [1.29, 1.82) is 0 Å². The molecule has 17 heavy (non-hydrogen) atoms. The molecule has 0 radical (unpaired) electrons. The van der Waals surface area contributed by atoms with Crippen LogP contribution >= 0.6 is 0 Å². The van der Waals surface area contributed by atoms with E-state index in [1.807, 2.05) is 0 Å². The van der Waals surface area contributed by atoms with Crippen molar-refractivity contribution >= 4 is 47.8 Å². The van der Waals surface area contributed by atoms with Crippen molar-refractivity contribution in [2.45, 2.75) is 0 Å². The normalized spacial score (nSPS) is 8.94. The van der Waals surface area contributed by atoms with Gasteiger partial charge in [0.2, 0.25) is 0 Å². The predicted octanol–water partition coefficient (Wildman–Crippen LogP) is -6.30. The maximum absolute atomic E-state index is 9.41. The molecule has 0 rings (SSSR count). The van der Waals surface area contributed by atoms with Gasteiger partial charge in [-0.25, -0.2) is 0 Å². The van der Waals surface area contributed by atoms with Gasteiger partial charge in [0.1, 0.15) is 0 Å². The Morgan fingerprint density at radius 2 is 0.647 bits per heavy atom. The van der Waals surface area contributed by atoms with Gasteiger partial charge in [-0.05, 0) is 24.3 Å². The Morgan fingerprint density at radius 3 is 0.706 bits per heavy atom. The second-order valence-electron chi connectivity index (χ2n) is 1.94. The Bertz CT molecular complexity index is 277. The van der Waals surface area contributed by atoms with E-state index in [4.69, 9.17) is 0 Å². The van der Waals surface area contributed by atoms with Crippen LogP contribution < -0.4 is 20.4 Å². The van der Waals surface area contributed by atoms with Crippen LogP contribution in [0.4, 0.5) is 0 Å². The molecule has 0 atom stereocenters. The summed E-state index contributed by atoms with van der Waals surface area (Å²) in [7, 11) is 0. The molecule has 0 saturated carbocycles. The van der Waals surface area contributed by atoms with E-state index >= 15 is 0 Å². The Hall–Kier alpha value is -1.84. The molecule has 0 aliphatic carbocycles. The average Bonchev–Trinajstić information content (AvgIpc) is 2.12. The van der Waals surface area contributed by atoms with Crippen molar-refractivity contribution in [2.24, 2.45) is 0 Å². The monoisotopic (exact) mass is 348 g/mol. The number of aliphatic carboxylic acids is 4. The molecule has 8 nitrogen and oxygen atoms in total. The first-order valence-electron chi connectivity index (χ1n) is 3.45. The van der Waals surface area contributed by atoms with Crippen molar-refractivity contribution in [1.82, 2.24) is 0 Å². The number of carbonyl (C=O) groups is 4. The molecule has 0 heterocycles. The van der Waals surface area contributed by atoms with Crippen LogP contribution in [-0.4, -0.2) is 47.8 Å². The molecule has 0 saturated heterocycles. The van der Waals surface area contributed by atoms with E-state index in [-0.39, 0.29) is 23.9 Å². The summed E-state index contributed by atoms with van der Waals surface area (Å²) in [5, 5.41) is 37.7. The molecule has 0 fully saturated rings. The van der Waals surface area contributed by atoms with Gasteiger partial charge in [-0.1, -0.05) is 0 Å². The summed E-state index contributed by atoms with van der Waals surface area (Å²) < 4.78 is 0. The molecule has 0 unspecified atom stereocenters. The van der Waals surface area contributed by atoms with E-state index in [0.717, 1.165) is 0 Å². The molecule has 0 aliphatic rings. The summed E-state index contributed by atoms with van der Waals surface area (Å²) in [5.41, 5.74) is 0. The van der Waals surface area contributed by atoms with E-state index in [1.165, 1.54) is 0 Å². The second kappa shape index (κ2) is 12.2. The van der Waals surface area contributed by atoms with Crippen molar-refractivity contribution in [3.05, 3.63) is 24.3 Å². The average molecular weight is 347 g/mol. The van der Waals surface area contributed by atoms with Gasteiger partial charge in [0.25, 0.3) is 0 Å². The van der Waals surface area contributed by atoms with E-state index in [9.17, 15) is 39.6 Å². The van der Waals surface area contributed by atoms with Gasteiger partial charge in [0.05, 0.1) is 23.9 Å². The Morgan fingerprint density at radius 1 is 0.529 bits per heavy atom. The number of hydrogen-bond donors (Lipinski definition) is 0. The second-order valence-corrected chi connectivity index (χ2v) is 1.94. The summed E-state index contributed by atoms with van der Waals surface area (Å²) in [6.45, 7) is 0. The molecule has 0 bridgehead atoms. The van der Waals surface area contributed by atoms with Crippen LogP contribution in [0.1, 0.15) is 0 Å². The topological polar surface area (TPSA) is 161 Å². The van der Waals surface area contributed by atoms with Gasteiger partial charge in [0, 0.05) is 0 Å². The minimum absolute atomic E-state index is 0. The number of rotatable bonds is 4. The molecule has 0 aromatic rings. The molecule has 9 heteroatoms. The number of carbonyl (C=O) groups excluding carboxylic acids is 4. The summed E-state index contributed by atoms with van der Waals surface area (Å²) in [4.78, 5) is 37.7. The largest absolute Gasteiger partial charge is 4.00 e. The fourth-order valence-corrected chi connectivity index (χ4v) is 0.272. The van der Waals surface area contributed by atoms with E-state index < -0.39 is 23.9 Å². The fourth-order valence-electron chi connectivity index (χ4n) is 0.272. The van der Waals surface area contributed by atoms with Crippen LogP contribution in [0.3, 0.4) is 0 Å². The number of carboxylic acid groups (broad SMARTS) is 4. The minimum Gasteiger partial charge on any atom is -0.545 e. The van der Waals surface area contributed by atoms with Crippen LogP contribution in [0, 0.1) is 0 Å². The van der Waals surface area contributed by atoms with Crippen LogP contribution in [0.25, 0.3) is 0 Å². The zero-order valence-electron chi connectivity index (χ0n) is 8.08. The third kappa shape index (κ3) is 31.4.